The molecule has 0 radical (unpaired) electrons. The van der Waals surface area contributed by atoms with Gasteiger partial charge in [0, 0.05) is 22.6 Å². The lowest BCUT2D eigenvalue weighted by Gasteiger charge is -2.40. The highest BCUT2D eigenvalue weighted by Crippen LogP contribution is 2.53. The average molecular weight is 450 g/mol. The first-order chi connectivity index (χ1) is 15.7. The van der Waals surface area contributed by atoms with E-state index in [1.807, 2.05) is 20.0 Å². The van der Waals surface area contributed by atoms with Crippen molar-refractivity contribution in [3.8, 4) is 0 Å². The number of hydrogen-bond donors (Lipinski definition) is 0. The van der Waals surface area contributed by atoms with Crippen LogP contribution < -0.4 is 0 Å². The maximum absolute atomic E-state index is 15.1. The number of benzene rings is 1. The minimum atomic E-state index is -0.355. The molecule has 0 N–H and O–H groups in total. The summed E-state index contributed by atoms with van der Waals surface area (Å²) in [6.45, 7) is 19.3. The van der Waals surface area contributed by atoms with Crippen molar-refractivity contribution >= 4 is 16.3 Å². The van der Waals surface area contributed by atoms with Crippen LogP contribution in [0.1, 0.15) is 92.8 Å². The summed E-state index contributed by atoms with van der Waals surface area (Å²) in [5.74, 6) is 1.63. The summed E-state index contributed by atoms with van der Waals surface area (Å²) >= 11 is 0. The standard InChI is InChI=1S/C24H26FN.C5H12.C2H6/c1-15(2)7-5-8-16-11-12-19(25)22-21(16)23-20-17(13-14-26-23)9-6-10-18(20)24(22,3)4;1-4-5(2)3;1-2/h5-7,9-10,12-16H,8,11H2,1-4H3;5H,4H2,1-3H3;1-2H3. The van der Waals surface area contributed by atoms with E-state index >= 15 is 4.39 Å². The molecule has 180 valence electrons. The summed E-state index contributed by atoms with van der Waals surface area (Å²) < 4.78 is 15.1. The molecule has 0 aliphatic heterocycles. The van der Waals surface area contributed by atoms with Crippen molar-refractivity contribution in [1.29, 1.82) is 0 Å². The minimum absolute atomic E-state index is 0.0672. The van der Waals surface area contributed by atoms with Crippen molar-refractivity contribution in [3.63, 3.8) is 0 Å². The molecule has 0 saturated heterocycles. The maximum atomic E-state index is 15.1. The first-order valence-electron chi connectivity index (χ1n) is 12.8. The number of hydrogen-bond acceptors (Lipinski definition) is 1. The Morgan fingerprint density at radius 2 is 1.79 bits per heavy atom. The van der Waals surface area contributed by atoms with Gasteiger partial charge >= 0.3 is 0 Å². The molecule has 1 unspecified atom stereocenters. The van der Waals surface area contributed by atoms with E-state index in [1.165, 1.54) is 22.8 Å². The predicted octanol–water partition coefficient (Wildman–Crippen LogP) is 9.83. The molecule has 0 amide bonds. The van der Waals surface area contributed by atoms with Crippen LogP contribution in [0.15, 0.2) is 60.1 Å². The van der Waals surface area contributed by atoms with Crippen LogP contribution in [0.2, 0.25) is 0 Å². The van der Waals surface area contributed by atoms with Crippen LogP contribution in [0.3, 0.4) is 0 Å². The number of fused-ring (bicyclic) bond motifs is 1. The Morgan fingerprint density at radius 3 is 2.39 bits per heavy atom. The van der Waals surface area contributed by atoms with E-state index in [0.717, 1.165) is 35.6 Å². The van der Waals surface area contributed by atoms with E-state index in [-0.39, 0.29) is 17.2 Å². The summed E-state index contributed by atoms with van der Waals surface area (Å²) in [6.07, 6.45) is 11.1. The zero-order valence-electron chi connectivity index (χ0n) is 22.3. The molecule has 1 nitrogen and oxygen atoms in total. The third-order valence-corrected chi connectivity index (χ3v) is 6.60. The molecule has 2 aliphatic rings. The van der Waals surface area contributed by atoms with Gasteiger partial charge in [-0.2, -0.15) is 0 Å². The molecule has 1 aromatic carbocycles. The fourth-order valence-electron chi connectivity index (χ4n) is 4.56. The van der Waals surface area contributed by atoms with Crippen molar-refractivity contribution in [2.75, 3.05) is 0 Å². The van der Waals surface area contributed by atoms with Gasteiger partial charge in [0.1, 0.15) is 5.83 Å². The zero-order valence-corrected chi connectivity index (χ0v) is 22.3. The predicted molar refractivity (Wildman–Crippen MR) is 144 cm³/mol. The molecular weight excluding hydrogens is 405 g/mol. The number of pyridine rings is 1. The van der Waals surface area contributed by atoms with Crippen LogP contribution >= 0.6 is 0 Å². The Hall–Kier alpha value is -2.22. The SMILES string of the molecule is CC.CC(C)C=CCC1CC=C(F)C2=C1c1nccc3cccc(c13)C2(C)C.CCC(C)C. The number of nitrogens with zero attached hydrogens (tertiary/aromatic N) is 1. The van der Waals surface area contributed by atoms with Gasteiger partial charge in [-0.05, 0) is 59.3 Å². The highest BCUT2D eigenvalue weighted by atomic mass is 19.1. The first-order valence-corrected chi connectivity index (χ1v) is 12.8. The number of aromatic nitrogens is 1. The van der Waals surface area contributed by atoms with Crippen LogP contribution in [0, 0.1) is 17.8 Å². The highest BCUT2D eigenvalue weighted by molar-refractivity contribution is 6.00. The van der Waals surface area contributed by atoms with Crippen molar-refractivity contribution < 1.29 is 4.39 Å². The molecule has 0 saturated carbocycles. The lowest BCUT2D eigenvalue weighted by Crippen LogP contribution is -2.30. The molecular formula is C31H44FN. The Labute approximate surface area is 201 Å². The van der Waals surface area contributed by atoms with Crippen molar-refractivity contribution in [1.82, 2.24) is 4.98 Å². The molecule has 2 aromatic rings. The van der Waals surface area contributed by atoms with E-state index < -0.39 is 0 Å². The van der Waals surface area contributed by atoms with Crippen molar-refractivity contribution in [2.24, 2.45) is 17.8 Å². The third kappa shape index (κ3) is 5.83. The summed E-state index contributed by atoms with van der Waals surface area (Å²) in [5.41, 5.74) is 3.77. The van der Waals surface area contributed by atoms with Gasteiger partial charge in [-0.15, -0.1) is 0 Å². The minimum Gasteiger partial charge on any atom is -0.256 e. The topological polar surface area (TPSA) is 12.9 Å². The second-order valence-corrected chi connectivity index (χ2v) is 10.2. The smallest absolute Gasteiger partial charge is 0.123 e. The Kier molecular flexibility index (Phi) is 9.64. The monoisotopic (exact) mass is 449 g/mol. The number of halogens is 1. The second-order valence-electron chi connectivity index (χ2n) is 10.2. The zero-order chi connectivity index (χ0) is 24.8. The fraction of sp³-hybridized carbons (Fsp3) is 0.516. The second kappa shape index (κ2) is 11.8. The molecule has 2 heteroatoms. The van der Waals surface area contributed by atoms with Gasteiger partial charge in [0.15, 0.2) is 0 Å². The van der Waals surface area contributed by atoms with E-state index in [2.05, 4.69) is 84.9 Å². The van der Waals surface area contributed by atoms with Crippen LogP contribution in [0.5, 0.6) is 0 Å². The molecule has 1 aromatic heterocycles. The molecule has 2 aliphatic carbocycles. The molecule has 1 heterocycles. The van der Waals surface area contributed by atoms with E-state index in [4.69, 9.17) is 4.98 Å². The fourth-order valence-corrected chi connectivity index (χ4v) is 4.56. The van der Waals surface area contributed by atoms with E-state index in [9.17, 15) is 0 Å². The molecule has 4 rings (SSSR count). The van der Waals surface area contributed by atoms with E-state index in [1.54, 1.807) is 6.08 Å². The van der Waals surface area contributed by atoms with Gasteiger partial charge in [-0.3, -0.25) is 4.98 Å². The first kappa shape index (κ1) is 27.0. The van der Waals surface area contributed by atoms with Gasteiger partial charge < -0.3 is 0 Å². The van der Waals surface area contributed by atoms with Crippen LogP contribution in [-0.2, 0) is 5.41 Å². The van der Waals surface area contributed by atoms with E-state index in [0.29, 0.717) is 5.92 Å². The molecule has 1 atom stereocenters. The quantitative estimate of drug-likeness (QED) is 0.423. The van der Waals surface area contributed by atoms with Crippen molar-refractivity contribution in [3.05, 3.63) is 71.3 Å². The van der Waals surface area contributed by atoms with Gasteiger partial charge in [0.25, 0.3) is 0 Å². The number of allylic oxidation sites excluding steroid dienone is 6. The van der Waals surface area contributed by atoms with Crippen LogP contribution in [0.25, 0.3) is 16.3 Å². The molecule has 0 spiro atoms. The average Bonchev–Trinajstić information content (AvgIpc) is 2.79. The lowest BCUT2D eigenvalue weighted by atomic mass is 9.64. The van der Waals surface area contributed by atoms with Crippen LogP contribution in [-0.4, -0.2) is 4.98 Å². The molecule has 0 bridgehead atoms. The largest absolute Gasteiger partial charge is 0.256 e. The van der Waals surface area contributed by atoms with Gasteiger partial charge in [-0.1, -0.05) is 99.1 Å². The van der Waals surface area contributed by atoms with Gasteiger partial charge in [0.05, 0.1) is 5.69 Å². The Balaban J connectivity index is 0.000000489. The van der Waals surface area contributed by atoms with Crippen LogP contribution in [0.4, 0.5) is 4.39 Å². The molecule has 0 fully saturated rings. The maximum Gasteiger partial charge on any atom is 0.123 e. The summed E-state index contributed by atoms with van der Waals surface area (Å²) in [5, 5.41) is 2.39. The summed E-state index contributed by atoms with van der Waals surface area (Å²) in [7, 11) is 0. The third-order valence-electron chi connectivity index (χ3n) is 6.60. The number of rotatable bonds is 4. The highest BCUT2D eigenvalue weighted by Gasteiger charge is 2.41. The normalized spacial score (nSPS) is 18.5. The molecule has 33 heavy (non-hydrogen) atoms. The van der Waals surface area contributed by atoms with Gasteiger partial charge in [-0.25, -0.2) is 4.39 Å². The Bertz CT molecular complexity index is 1020. The van der Waals surface area contributed by atoms with Crippen molar-refractivity contribution in [2.45, 2.75) is 87.0 Å². The Morgan fingerprint density at radius 1 is 1.12 bits per heavy atom. The summed E-state index contributed by atoms with van der Waals surface area (Å²) in [6, 6.07) is 8.40. The lowest BCUT2D eigenvalue weighted by molar-refractivity contribution is 0.524. The van der Waals surface area contributed by atoms with Gasteiger partial charge in [0.2, 0.25) is 0 Å². The summed E-state index contributed by atoms with van der Waals surface area (Å²) in [4.78, 5) is 4.74.